The minimum Gasteiger partial charge on any atom is -0.481 e. The van der Waals surface area contributed by atoms with Crippen LogP contribution < -0.4 is 5.73 Å². The predicted octanol–water partition coefficient (Wildman–Crippen LogP) is 0.820. The molecule has 2 atom stereocenters. The van der Waals surface area contributed by atoms with Crippen molar-refractivity contribution in [2.24, 2.45) is 11.7 Å². The van der Waals surface area contributed by atoms with Crippen LogP contribution in [-0.4, -0.2) is 30.2 Å². The van der Waals surface area contributed by atoms with Crippen molar-refractivity contribution in [3.8, 4) is 0 Å². The summed E-state index contributed by atoms with van der Waals surface area (Å²) >= 11 is 0. The quantitative estimate of drug-likeness (QED) is 0.730. The summed E-state index contributed by atoms with van der Waals surface area (Å²) in [7, 11) is 1.23. The van der Waals surface area contributed by atoms with Crippen LogP contribution in [0.25, 0.3) is 0 Å². The Labute approximate surface area is 106 Å². The smallest absolute Gasteiger partial charge is 0.322 e. The number of carboxylic acids is 1. The number of ether oxygens (including phenoxy) is 1. The molecule has 0 bridgehead atoms. The molecule has 18 heavy (non-hydrogen) atoms. The fourth-order valence-corrected chi connectivity index (χ4v) is 1.72. The van der Waals surface area contributed by atoms with E-state index in [-0.39, 0.29) is 6.42 Å². The Hall–Kier alpha value is -1.88. The molecule has 98 valence electrons. The van der Waals surface area contributed by atoms with Crippen LogP contribution in [0.2, 0.25) is 0 Å². The third kappa shape index (κ3) is 4.18. The lowest BCUT2D eigenvalue weighted by Gasteiger charge is -2.16. The molecule has 5 heteroatoms. The van der Waals surface area contributed by atoms with E-state index in [9.17, 15) is 9.59 Å². The molecule has 3 N–H and O–H groups in total. The van der Waals surface area contributed by atoms with Gasteiger partial charge in [0, 0.05) is 0 Å². The van der Waals surface area contributed by atoms with Gasteiger partial charge in [-0.15, -0.1) is 0 Å². The number of carbonyl (C=O) groups is 2. The van der Waals surface area contributed by atoms with Crippen molar-refractivity contribution in [3.63, 3.8) is 0 Å². The number of rotatable bonds is 6. The monoisotopic (exact) mass is 251 g/mol. The summed E-state index contributed by atoms with van der Waals surface area (Å²) in [4.78, 5) is 22.3. The number of carboxylic acid groups (broad SMARTS) is 1. The zero-order valence-electron chi connectivity index (χ0n) is 10.2. The first-order chi connectivity index (χ1) is 8.54. The first-order valence-electron chi connectivity index (χ1n) is 5.64. The predicted molar refractivity (Wildman–Crippen MR) is 65.9 cm³/mol. The maximum Gasteiger partial charge on any atom is 0.322 e. The van der Waals surface area contributed by atoms with E-state index in [0.29, 0.717) is 6.42 Å². The van der Waals surface area contributed by atoms with Crippen LogP contribution in [0.1, 0.15) is 12.0 Å². The summed E-state index contributed by atoms with van der Waals surface area (Å²) < 4.78 is 4.49. The van der Waals surface area contributed by atoms with Crippen molar-refractivity contribution in [3.05, 3.63) is 35.9 Å². The van der Waals surface area contributed by atoms with E-state index >= 15 is 0 Å². The van der Waals surface area contributed by atoms with Gasteiger partial charge in [-0.2, -0.15) is 0 Å². The van der Waals surface area contributed by atoms with Gasteiger partial charge in [0.1, 0.15) is 6.04 Å². The normalized spacial score (nSPS) is 13.7. The molecule has 0 saturated heterocycles. The van der Waals surface area contributed by atoms with Crippen molar-refractivity contribution in [2.75, 3.05) is 7.11 Å². The molecular formula is C13H17NO4. The number of hydrogen-bond donors (Lipinski definition) is 2. The molecule has 0 aromatic heterocycles. The standard InChI is InChI=1S/C13H17NO4/c1-18-13(17)11(14)8-10(12(15)16)7-9-5-3-2-4-6-9/h2-6,10-11H,7-8,14H2,1H3,(H,15,16). The van der Waals surface area contributed by atoms with Crippen molar-refractivity contribution in [2.45, 2.75) is 18.9 Å². The van der Waals surface area contributed by atoms with Crippen molar-refractivity contribution >= 4 is 11.9 Å². The molecule has 2 unspecified atom stereocenters. The molecule has 0 saturated carbocycles. The summed E-state index contributed by atoms with van der Waals surface area (Å²) in [6, 6.07) is 8.33. The maximum atomic E-state index is 11.2. The van der Waals surface area contributed by atoms with Crippen LogP contribution >= 0.6 is 0 Å². The summed E-state index contributed by atoms with van der Waals surface area (Å²) in [6.07, 6.45) is 0.414. The van der Waals surface area contributed by atoms with E-state index in [1.54, 1.807) is 0 Å². The first-order valence-corrected chi connectivity index (χ1v) is 5.64. The molecule has 1 rings (SSSR count). The Kier molecular flexibility index (Phi) is 5.32. The molecule has 1 aromatic rings. The highest BCUT2D eigenvalue weighted by Gasteiger charge is 2.25. The lowest BCUT2D eigenvalue weighted by atomic mass is 9.93. The molecule has 5 nitrogen and oxygen atoms in total. The van der Waals surface area contributed by atoms with Gasteiger partial charge in [0.15, 0.2) is 0 Å². The van der Waals surface area contributed by atoms with Gasteiger partial charge < -0.3 is 15.6 Å². The van der Waals surface area contributed by atoms with Gasteiger partial charge in [-0.3, -0.25) is 9.59 Å². The average molecular weight is 251 g/mol. The number of carbonyl (C=O) groups excluding carboxylic acids is 1. The van der Waals surface area contributed by atoms with Crippen LogP contribution in [0.15, 0.2) is 30.3 Å². The second kappa shape index (κ2) is 6.76. The molecule has 0 spiro atoms. The van der Waals surface area contributed by atoms with Crippen LogP contribution in [0.3, 0.4) is 0 Å². The Bertz CT molecular complexity index is 405. The Morgan fingerprint density at radius 2 is 1.94 bits per heavy atom. The fourth-order valence-electron chi connectivity index (χ4n) is 1.72. The van der Waals surface area contributed by atoms with Crippen LogP contribution in [0, 0.1) is 5.92 Å². The highest BCUT2D eigenvalue weighted by atomic mass is 16.5. The minimum atomic E-state index is -0.960. The van der Waals surface area contributed by atoms with Gasteiger partial charge in [-0.1, -0.05) is 30.3 Å². The highest BCUT2D eigenvalue weighted by molar-refractivity contribution is 5.77. The second-order valence-corrected chi connectivity index (χ2v) is 4.09. The van der Waals surface area contributed by atoms with Crippen LogP contribution in [0.5, 0.6) is 0 Å². The topological polar surface area (TPSA) is 89.6 Å². The second-order valence-electron chi connectivity index (χ2n) is 4.09. The Balaban J connectivity index is 2.67. The van der Waals surface area contributed by atoms with Crippen LogP contribution in [0.4, 0.5) is 0 Å². The number of aliphatic carboxylic acids is 1. The molecule has 0 radical (unpaired) electrons. The van der Waals surface area contributed by atoms with Gasteiger partial charge >= 0.3 is 11.9 Å². The molecule has 1 aromatic carbocycles. The molecule has 0 aliphatic rings. The molecule has 0 fully saturated rings. The number of methoxy groups -OCH3 is 1. The summed E-state index contributed by atoms with van der Waals surface area (Å²) in [5, 5.41) is 9.13. The lowest BCUT2D eigenvalue weighted by Crippen LogP contribution is -2.36. The van der Waals surface area contributed by atoms with Gasteiger partial charge in [-0.25, -0.2) is 0 Å². The van der Waals surface area contributed by atoms with Crippen molar-refractivity contribution in [1.82, 2.24) is 0 Å². The largest absolute Gasteiger partial charge is 0.481 e. The van der Waals surface area contributed by atoms with E-state index in [1.165, 1.54) is 7.11 Å². The molecule has 0 heterocycles. The summed E-state index contributed by atoms with van der Waals surface area (Å²) in [5.74, 6) is -2.24. The first kappa shape index (κ1) is 14.2. The van der Waals surface area contributed by atoms with E-state index in [2.05, 4.69) is 4.74 Å². The highest BCUT2D eigenvalue weighted by Crippen LogP contribution is 2.14. The van der Waals surface area contributed by atoms with Gasteiger partial charge in [-0.05, 0) is 18.4 Å². The van der Waals surface area contributed by atoms with E-state index in [1.807, 2.05) is 30.3 Å². The number of hydrogen-bond acceptors (Lipinski definition) is 4. The SMILES string of the molecule is COC(=O)C(N)CC(Cc1ccccc1)C(=O)O. The van der Waals surface area contributed by atoms with Gasteiger partial charge in [0.05, 0.1) is 13.0 Å². The molecule has 0 aliphatic heterocycles. The lowest BCUT2D eigenvalue weighted by molar-refractivity contribution is -0.145. The minimum absolute atomic E-state index is 0.0664. The Morgan fingerprint density at radius 1 is 1.33 bits per heavy atom. The zero-order valence-corrected chi connectivity index (χ0v) is 10.2. The van der Waals surface area contributed by atoms with E-state index < -0.39 is 23.9 Å². The molecule has 0 amide bonds. The number of esters is 1. The van der Waals surface area contributed by atoms with Crippen molar-refractivity contribution < 1.29 is 19.4 Å². The summed E-state index contributed by atoms with van der Waals surface area (Å²) in [6.45, 7) is 0. The summed E-state index contributed by atoms with van der Waals surface area (Å²) in [5.41, 5.74) is 6.49. The van der Waals surface area contributed by atoms with E-state index in [4.69, 9.17) is 10.8 Å². The Morgan fingerprint density at radius 3 is 2.44 bits per heavy atom. The van der Waals surface area contributed by atoms with Gasteiger partial charge in [0.25, 0.3) is 0 Å². The third-order valence-corrected chi connectivity index (χ3v) is 2.72. The molecular weight excluding hydrogens is 234 g/mol. The number of nitrogens with two attached hydrogens (primary N) is 1. The number of benzene rings is 1. The van der Waals surface area contributed by atoms with E-state index in [0.717, 1.165) is 5.56 Å². The van der Waals surface area contributed by atoms with Crippen LogP contribution in [-0.2, 0) is 20.7 Å². The van der Waals surface area contributed by atoms with Gasteiger partial charge in [0.2, 0.25) is 0 Å². The van der Waals surface area contributed by atoms with Crippen molar-refractivity contribution in [1.29, 1.82) is 0 Å². The maximum absolute atomic E-state index is 11.2. The zero-order chi connectivity index (χ0) is 13.5. The third-order valence-electron chi connectivity index (χ3n) is 2.72. The average Bonchev–Trinajstić information content (AvgIpc) is 2.37. The molecule has 0 aliphatic carbocycles. The fraction of sp³-hybridized carbons (Fsp3) is 0.385.